The third-order valence-corrected chi connectivity index (χ3v) is 4.51. The molecule has 2 rings (SSSR count). The second kappa shape index (κ2) is 5.93. The van der Waals surface area contributed by atoms with Crippen molar-refractivity contribution in [3.8, 4) is 0 Å². The SMILES string of the molecule is CCCC1(CCC)NC(=O)N(CC2CCCC2)C1=O. The summed E-state index contributed by atoms with van der Waals surface area (Å²) in [6, 6.07) is -0.168. The topological polar surface area (TPSA) is 49.4 Å². The maximum absolute atomic E-state index is 12.6. The van der Waals surface area contributed by atoms with Gasteiger partial charge in [0.1, 0.15) is 5.54 Å². The first-order valence-electron chi connectivity index (χ1n) is 7.77. The molecule has 0 aromatic heterocycles. The van der Waals surface area contributed by atoms with Crippen LogP contribution in [0.5, 0.6) is 0 Å². The van der Waals surface area contributed by atoms with Crippen molar-refractivity contribution in [1.29, 1.82) is 0 Å². The summed E-state index contributed by atoms with van der Waals surface area (Å²) in [4.78, 5) is 26.3. The highest BCUT2D eigenvalue weighted by Crippen LogP contribution is 2.31. The fourth-order valence-corrected chi connectivity index (χ4v) is 3.61. The van der Waals surface area contributed by atoms with Gasteiger partial charge in [-0.25, -0.2) is 4.79 Å². The van der Waals surface area contributed by atoms with Crippen LogP contribution < -0.4 is 5.32 Å². The van der Waals surface area contributed by atoms with Crippen LogP contribution in [0.15, 0.2) is 0 Å². The van der Waals surface area contributed by atoms with Crippen molar-refractivity contribution in [1.82, 2.24) is 10.2 Å². The van der Waals surface area contributed by atoms with Gasteiger partial charge in [-0.15, -0.1) is 0 Å². The molecule has 1 N–H and O–H groups in total. The number of carbonyl (C=O) groups is 2. The summed E-state index contributed by atoms with van der Waals surface area (Å²) in [5.74, 6) is 0.543. The Morgan fingerprint density at radius 3 is 2.26 bits per heavy atom. The van der Waals surface area contributed by atoms with Crippen LogP contribution >= 0.6 is 0 Å². The third kappa shape index (κ3) is 2.77. The monoisotopic (exact) mass is 266 g/mol. The molecule has 0 radical (unpaired) electrons. The normalized spacial score (nSPS) is 23.2. The maximum atomic E-state index is 12.6. The molecule has 1 heterocycles. The van der Waals surface area contributed by atoms with E-state index in [9.17, 15) is 9.59 Å². The predicted molar refractivity (Wildman–Crippen MR) is 74.7 cm³/mol. The highest BCUT2D eigenvalue weighted by Gasteiger charge is 2.50. The molecule has 108 valence electrons. The molecule has 0 atom stereocenters. The summed E-state index contributed by atoms with van der Waals surface area (Å²) in [5.41, 5.74) is -0.612. The van der Waals surface area contributed by atoms with Crippen molar-refractivity contribution >= 4 is 11.9 Å². The molecule has 4 heteroatoms. The number of rotatable bonds is 6. The molecule has 1 aliphatic heterocycles. The molecule has 0 aromatic rings. The smallest absolute Gasteiger partial charge is 0.323 e. The molecule has 19 heavy (non-hydrogen) atoms. The lowest BCUT2D eigenvalue weighted by Crippen LogP contribution is -2.47. The zero-order chi connectivity index (χ0) is 13.9. The molecule has 1 aliphatic carbocycles. The molecular formula is C15H26N2O2. The maximum Gasteiger partial charge on any atom is 0.325 e. The number of hydrogen-bond donors (Lipinski definition) is 1. The average molecular weight is 266 g/mol. The Morgan fingerprint density at radius 1 is 1.16 bits per heavy atom. The van der Waals surface area contributed by atoms with E-state index in [1.165, 1.54) is 17.7 Å². The van der Waals surface area contributed by atoms with Crippen molar-refractivity contribution in [3.05, 3.63) is 0 Å². The van der Waals surface area contributed by atoms with E-state index >= 15 is 0 Å². The minimum absolute atomic E-state index is 0.0214. The van der Waals surface area contributed by atoms with Crippen LogP contribution in [0.2, 0.25) is 0 Å². The number of nitrogens with zero attached hydrogens (tertiary/aromatic N) is 1. The van der Waals surface area contributed by atoms with Crippen LogP contribution in [0, 0.1) is 5.92 Å². The Labute approximate surface area is 115 Å². The number of amides is 3. The molecule has 3 amide bonds. The molecule has 1 saturated carbocycles. The Morgan fingerprint density at radius 2 is 1.74 bits per heavy atom. The summed E-state index contributed by atoms with van der Waals surface area (Å²) in [6.45, 7) is 4.76. The molecule has 2 fully saturated rings. The molecule has 0 aromatic carbocycles. The molecular weight excluding hydrogens is 240 g/mol. The summed E-state index contributed by atoms with van der Waals surface area (Å²) >= 11 is 0. The molecule has 0 spiro atoms. The second-order valence-electron chi connectivity index (χ2n) is 6.08. The molecule has 2 aliphatic rings. The van der Waals surface area contributed by atoms with Crippen LogP contribution in [0.25, 0.3) is 0 Å². The van der Waals surface area contributed by atoms with Gasteiger partial charge in [-0.05, 0) is 31.6 Å². The van der Waals surface area contributed by atoms with Gasteiger partial charge in [-0.3, -0.25) is 9.69 Å². The Hall–Kier alpha value is -1.06. The van der Waals surface area contributed by atoms with E-state index in [1.54, 1.807) is 0 Å². The van der Waals surface area contributed by atoms with Gasteiger partial charge in [0.25, 0.3) is 5.91 Å². The Kier molecular flexibility index (Phi) is 4.48. The van der Waals surface area contributed by atoms with Gasteiger partial charge in [-0.2, -0.15) is 0 Å². The van der Waals surface area contributed by atoms with E-state index in [0.717, 1.165) is 38.5 Å². The van der Waals surface area contributed by atoms with Gasteiger partial charge < -0.3 is 5.32 Å². The first kappa shape index (κ1) is 14.4. The van der Waals surface area contributed by atoms with Gasteiger partial charge in [0.2, 0.25) is 0 Å². The van der Waals surface area contributed by atoms with Crippen LogP contribution in [0.4, 0.5) is 4.79 Å². The van der Waals surface area contributed by atoms with E-state index < -0.39 is 5.54 Å². The van der Waals surface area contributed by atoms with Crippen molar-refractivity contribution < 1.29 is 9.59 Å². The van der Waals surface area contributed by atoms with Crippen LogP contribution in [0.1, 0.15) is 65.2 Å². The number of carbonyl (C=O) groups excluding carboxylic acids is 2. The Bertz CT molecular complexity index is 342. The summed E-state index contributed by atoms with van der Waals surface area (Å²) in [5, 5.41) is 2.98. The second-order valence-corrected chi connectivity index (χ2v) is 6.08. The zero-order valence-corrected chi connectivity index (χ0v) is 12.2. The fraction of sp³-hybridized carbons (Fsp3) is 0.867. The zero-order valence-electron chi connectivity index (χ0n) is 12.2. The molecule has 4 nitrogen and oxygen atoms in total. The lowest BCUT2D eigenvalue weighted by molar-refractivity contribution is -0.132. The molecule has 0 unspecified atom stereocenters. The van der Waals surface area contributed by atoms with Crippen molar-refractivity contribution in [2.75, 3.05) is 6.54 Å². The minimum Gasteiger partial charge on any atom is -0.323 e. The largest absolute Gasteiger partial charge is 0.325 e. The van der Waals surface area contributed by atoms with E-state index in [1.807, 2.05) is 0 Å². The van der Waals surface area contributed by atoms with E-state index in [2.05, 4.69) is 19.2 Å². The van der Waals surface area contributed by atoms with Gasteiger partial charge >= 0.3 is 6.03 Å². The number of nitrogens with one attached hydrogen (secondary N) is 1. The van der Waals surface area contributed by atoms with Crippen LogP contribution in [0.3, 0.4) is 0 Å². The summed E-state index contributed by atoms with van der Waals surface area (Å²) in [7, 11) is 0. The standard InChI is InChI=1S/C15H26N2O2/c1-3-9-15(10-4-2)13(18)17(14(19)16-15)11-12-7-5-6-8-12/h12H,3-11H2,1-2H3,(H,16,19). The lowest BCUT2D eigenvalue weighted by atomic mass is 9.88. The minimum atomic E-state index is -0.612. The number of hydrogen-bond acceptors (Lipinski definition) is 2. The van der Waals surface area contributed by atoms with Crippen molar-refractivity contribution in [2.24, 2.45) is 5.92 Å². The van der Waals surface area contributed by atoms with Gasteiger partial charge in [0, 0.05) is 6.54 Å². The van der Waals surface area contributed by atoms with Crippen LogP contribution in [-0.4, -0.2) is 28.9 Å². The first-order chi connectivity index (χ1) is 9.13. The fourth-order valence-electron chi connectivity index (χ4n) is 3.61. The summed E-state index contributed by atoms with van der Waals surface area (Å²) < 4.78 is 0. The van der Waals surface area contributed by atoms with E-state index in [0.29, 0.717) is 12.5 Å². The van der Waals surface area contributed by atoms with Gasteiger partial charge in [0.15, 0.2) is 0 Å². The molecule has 0 bridgehead atoms. The first-order valence-corrected chi connectivity index (χ1v) is 7.77. The summed E-state index contributed by atoms with van der Waals surface area (Å²) in [6.07, 6.45) is 8.15. The van der Waals surface area contributed by atoms with Gasteiger partial charge in [0.05, 0.1) is 0 Å². The van der Waals surface area contributed by atoms with E-state index in [4.69, 9.17) is 0 Å². The van der Waals surface area contributed by atoms with Crippen molar-refractivity contribution in [3.63, 3.8) is 0 Å². The highest BCUT2D eigenvalue weighted by atomic mass is 16.2. The van der Waals surface area contributed by atoms with Crippen LogP contribution in [-0.2, 0) is 4.79 Å². The molecule has 1 saturated heterocycles. The third-order valence-electron chi connectivity index (χ3n) is 4.51. The quantitative estimate of drug-likeness (QED) is 0.751. The lowest BCUT2D eigenvalue weighted by Gasteiger charge is -2.26. The average Bonchev–Trinajstić information content (AvgIpc) is 2.94. The number of imide groups is 1. The highest BCUT2D eigenvalue weighted by molar-refractivity contribution is 6.07. The number of urea groups is 1. The van der Waals surface area contributed by atoms with E-state index in [-0.39, 0.29) is 11.9 Å². The Balaban J connectivity index is 2.08. The predicted octanol–water partition coefficient (Wildman–Crippen LogP) is 3.07. The van der Waals surface area contributed by atoms with Gasteiger partial charge in [-0.1, -0.05) is 39.5 Å². The van der Waals surface area contributed by atoms with Crippen molar-refractivity contribution in [2.45, 2.75) is 70.8 Å².